The first-order chi connectivity index (χ1) is 6.39. The van der Waals surface area contributed by atoms with Crippen molar-refractivity contribution < 1.29 is 0 Å². The Kier molecular flexibility index (Phi) is 2.23. The van der Waals surface area contributed by atoms with E-state index in [-0.39, 0.29) is 5.54 Å². The van der Waals surface area contributed by atoms with Gasteiger partial charge in [0.15, 0.2) is 0 Å². The predicted molar refractivity (Wildman–Crippen MR) is 61.1 cm³/mol. The zero-order valence-electron chi connectivity index (χ0n) is 10.0. The van der Waals surface area contributed by atoms with Crippen molar-refractivity contribution in [3.8, 4) is 0 Å². The molecule has 2 fully saturated rings. The van der Waals surface area contributed by atoms with Gasteiger partial charge < -0.3 is 5.73 Å². The van der Waals surface area contributed by atoms with Gasteiger partial charge in [0, 0.05) is 5.54 Å². The van der Waals surface area contributed by atoms with E-state index in [1.54, 1.807) is 0 Å². The molecule has 0 aromatic heterocycles. The molecule has 0 amide bonds. The number of hydrogen-bond donors (Lipinski definition) is 1. The van der Waals surface area contributed by atoms with E-state index in [9.17, 15) is 0 Å². The van der Waals surface area contributed by atoms with E-state index in [4.69, 9.17) is 5.73 Å². The van der Waals surface area contributed by atoms with Crippen molar-refractivity contribution in [1.29, 1.82) is 0 Å². The zero-order valence-corrected chi connectivity index (χ0v) is 10.0. The molecule has 2 aliphatic rings. The molecule has 0 aromatic carbocycles. The lowest BCUT2D eigenvalue weighted by Gasteiger charge is -2.56. The third-order valence-corrected chi connectivity index (χ3v) is 4.72. The molecule has 0 aliphatic heterocycles. The van der Waals surface area contributed by atoms with Gasteiger partial charge in [0.2, 0.25) is 0 Å². The summed E-state index contributed by atoms with van der Waals surface area (Å²) in [7, 11) is 0. The van der Waals surface area contributed by atoms with Crippen LogP contribution in [0.5, 0.6) is 0 Å². The normalized spacial score (nSPS) is 53.1. The topological polar surface area (TPSA) is 26.0 Å². The first-order valence-corrected chi connectivity index (χ1v) is 6.18. The minimum Gasteiger partial charge on any atom is -0.325 e. The summed E-state index contributed by atoms with van der Waals surface area (Å²) >= 11 is 0. The van der Waals surface area contributed by atoms with Crippen LogP contribution >= 0.6 is 0 Å². The van der Waals surface area contributed by atoms with Crippen LogP contribution < -0.4 is 5.73 Å². The molecule has 0 aromatic rings. The van der Waals surface area contributed by atoms with E-state index in [2.05, 4.69) is 20.8 Å². The van der Waals surface area contributed by atoms with Crippen LogP contribution in [0.1, 0.15) is 65.7 Å². The molecule has 0 spiro atoms. The van der Waals surface area contributed by atoms with Gasteiger partial charge >= 0.3 is 0 Å². The molecule has 2 bridgehead atoms. The van der Waals surface area contributed by atoms with Gasteiger partial charge in [0.05, 0.1) is 0 Å². The largest absolute Gasteiger partial charge is 0.325 e. The summed E-state index contributed by atoms with van der Waals surface area (Å²) in [5.41, 5.74) is 7.78. The van der Waals surface area contributed by atoms with E-state index >= 15 is 0 Å². The summed E-state index contributed by atoms with van der Waals surface area (Å²) < 4.78 is 0. The highest BCUT2D eigenvalue weighted by Crippen LogP contribution is 2.57. The lowest BCUT2D eigenvalue weighted by molar-refractivity contribution is -0.0150. The van der Waals surface area contributed by atoms with Crippen LogP contribution in [-0.2, 0) is 0 Å². The standard InChI is InChI=1S/C13H25N/c1-4-11(2)8-12(3)6-5-7-13(14,9-11)10-12/h4-10,14H2,1-3H3. The Bertz CT molecular complexity index is 213. The van der Waals surface area contributed by atoms with Gasteiger partial charge in [-0.3, -0.25) is 0 Å². The van der Waals surface area contributed by atoms with Crippen LogP contribution in [-0.4, -0.2) is 5.54 Å². The quantitative estimate of drug-likeness (QED) is 0.681. The molecule has 0 radical (unpaired) electrons. The number of rotatable bonds is 1. The summed E-state index contributed by atoms with van der Waals surface area (Å²) in [6.45, 7) is 7.23. The maximum absolute atomic E-state index is 6.54. The van der Waals surface area contributed by atoms with Crippen molar-refractivity contribution in [3.63, 3.8) is 0 Å². The minimum absolute atomic E-state index is 0.177. The van der Waals surface area contributed by atoms with Gasteiger partial charge in [-0.05, 0) is 42.9 Å². The highest BCUT2D eigenvalue weighted by atomic mass is 14.8. The van der Waals surface area contributed by atoms with Crippen molar-refractivity contribution >= 4 is 0 Å². The summed E-state index contributed by atoms with van der Waals surface area (Å²) in [6.07, 6.45) is 9.24. The third-order valence-electron chi connectivity index (χ3n) is 4.72. The fourth-order valence-electron chi connectivity index (χ4n) is 4.39. The Hall–Kier alpha value is -0.0400. The molecule has 14 heavy (non-hydrogen) atoms. The van der Waals surface area contributed by atoms with E-state index in [1.807, 2.05) is 0 Å². The Balaban J connectivity index is 2.25. The Morgan fingerprint density at radius 1 is 1.07 bits per heavy atom. The highest BCUT2D eigenvalue weighted by molar-refractivity contribution is 5.05. The van der Waals surface area contributed by atoms with Crippen molar-refractivity contribution in [2.24, 2.45) is 16.6 Å². The van der Waals surface area contributed by atoms with E-state index in [1.165, 1.54) is 44.9 Å². The molecule has 0 heterocycles. The Morgan fingerprint density at radius 3 is 2.36 bits per heavy atom. The van der Waals surface area contributed by atoms with Crippen LogP contribution in [0.4, 0.5) is 0 Å². The first kappa shape index (κ1) is 10.5. The summed E-state index contributed by atoms with van der Waals surface area (Å²) in [5, 5.41) is 0. The first-order valence-electron chi connectivity index (χ1n) is 6.18. The lowest BCUT2D eigenvalue weighted by atomic mass is 9.51. The molecule has 1 nitrogen and oxygen atoms in total. The van der Waals surface area contributed by atoms with Gasteiger partial charge in [-0.25, -0.2) is 0 Å². The van der Waals surface area contributed by atoms with Gasteiger partial charge in [-0.2, -0.15) is 0 Å². The Morgan fingerprint density at radius 2 is 1.79 bits per heavy atom. The monoisotopic (exact) mass is 195 g/mol. The maximum Gasteiger partial charge on any atom is 0.0164 e. The van der Waals surface area contributed by atoms with Crippen molar-refractivity contribution in [3.05, 3.63) is 0 Å². The second-order valence-electron chi connectivity index (χ2n) is 6.72. The van der Waals surface area contributed by atoms with E-state index in [0.717, 1.165) is 0 Å². The van der Waals surface area contributed by atoms with Crippen LogP contribution in [0.2, 0.25) is 0 Å². The SMILES string of the molecule is CCC1(C)CC2(C)CCCC(N)(C1)C2. The molecule has 1 heteroatoms. The predicted octanol–water partition coefficient (Wildman–Crippen LogP) is 3.47. The van der Waals surface area contributed by atoms with Crippen molar-refractivity contribution in [2.45, 2.75) is 71.3 Å². The fraction of sp³-hybridized carbons (Fsp3) is 1.00. The summed E-state index contributed by atoms with van der Waals surface area (Å²) in [5.74, 6) is 0. The van der Waals surface area contributed by atoms with Gasteiger partial charge in [-0.1, -0.05) is 33.6 Å². The summed E-state index contributed by atoms with van der Waals surface area (Å²) in [6, 6.07) is 0. The third kappa shape index (κ3) is 1.71. The Labute approximate surface area is 88.4 Å². The molecule has 2 rings (SSSR count). The van der Waals surface area contributed by atoms with Crippen LogP contribution in [0, 0.1) is 10.8 Å². The second kappa shape index (κ2) is 2.98. The van der Waals surface area contributed by atoms with Crippen LogP contribution in [0.3, 0.4) is 0 Å². The molecular formula is C13H25N. The van der Waals surface area contributed by atoms with Crippen molar-refractivity contribution in [2.75, 3.05) is 0 Å². The molecule has 3 atom stereocenters. The number of nitrogens with two attached hydrogens (primary N) is 1. The average Bonchev–Trinajstić information content (AvgIpc) is 1.99. The fourth-order valence-corrected chi connectivity index (χ4v) is 4.39. The molecule has 2 aliphatic carbocycles. The smallest absolute Gasteiger partial charge is 0.0164 e. The van der Waals surface area contributed by atoms with Crippen LogP contribution in [0.25, 0.3) is 0 Å². The highest BCUT2D eigenvalue weighted by Gasteiger charge is 2.50. The number of fused-ring (bicyclic) bond motifs is 2. The van der Waals surface area contributed by atoms with E-state index < -0.39 is 0 Å². The lowest BCUT2D eigenvalue weighted by Crippen LogP contribution is -2.55. The second-order valence-corrected chi connectivity index (χ2v) is 6.72. The maximum atomic E-state index is 6.54. The molecule has 2 saturated carbocycles. The molecule has 0 saturated heterocycles. The zero-order chi connectivity index (χ0) is 10.4. The molecule has 3 unspecified atom stereocenters. The van der Waals surface area contributed by atoms with Crippen molar-refractivity contribution in [1.82, 2.24) is 0 Å². The van der Waals surface area contributed by atoms with E-state index in [0.29, 0.717) is 10.8 Å². The van der Waals surface area contributed by atoms with Gasteiger partial charge in [0.25, 0.3) is 0 Å². The van der Waals surface area contributed by atoms with Crippen LogP contribution in [0.15, 0.2) is 0 Å². The summed E-state index contributed by atoms with van der Waals surface area (Å²) in [4.78, 5) is 0. The molecular weight excluding hydrogens is 170 g/mol. The molecule has 2 N–H and O–H groups in total. The molecule has 82 valence electrons. The average molecular weight is 195 g/mol. The van der Waals surface area contributed by atoms with Gasteiger partial charge in [0.1, 0.15) is 0 Å². The minimum atomic E-state index is 0.177. The number of hydrogen-bond acceptors (Lipinski definition) is 1. The van der Waals surface area contributed by atoms with Gasteiger partial charge in [-0.15, -0.1) is 0 Å².